The molecular formula is C34H33F2N7O13P2S. The molecular weight excluding hydrogens is 846 g/mol. The first-order chi connectivity index (χ1) is 28.2. The number of halogens is 2. The van der Waals surface area contributed by atoms with Crippen molar-refractivity contribution in [1.82, 2.24) is 29.1 Å². The van der Waals surface area contributed by atoms with E-state index in [4.69, 9.17) is 38.0 Å². The molecule has 8 rings (SSSR count). The number of rotatable bonds is 7. The number of hydrogen-bond acceptors (Lipinski definition) is 17. The lowest BCUT2D eigenvalue weighted by Gasteiger charge is -2.27. The predicted octanol–water partition coefficient (Wildman–Crippen LogP) is 3.92. The van der Waals surface area contributed by atoms with Crippen LogP contribution in [0.3, 0.4) is 0 Å². The fourth-order valence-electron chi connectivity index (χ4n) is 6.45. The number of phosphoric acid groups is 1. The average Bonchev–Trinajstić information content (AvgIpc) is 3.86. The summed E-state index contributed by atoms with van der Waals surface area (Å²) in [6.45, 7) is -4.57. The molecule has 3 aliphatic rings. The summed E-state index contributed by atoms with van der Waals surface area (Å²) >= 11 is 0.574. The maximum Gasteiger partial charge on any atom is 0.472 e. The van der Waals surface area contributed by atoms with Crippen molar-refractivity contribution in [3.63, 3.8) is 0 Å². The number of benzene rings is 2. The number of aromatic nitrogens is 6. The molecule has 25 heteroatoms. The van der Waals surface area contributed by atoms with E-state index in [-0.39, 0.29) is 28.5 Å². The summed E-state index contributed by atoms with van der Waals surface area (Å²) in [5.74, 6) is -0.522. The van der Waals surface area contributed by atoms with Crippen LogP contribution in [0.25, 0.3) is 11.2 Å². The zero-order chi connectivity index (χ0) is 41.6. The number of fused-ring (bicyclic) bond motifs is 4. The zero-order valence-electron chi connectivity index (χ0n) is 30.4. The molecule has 3 fully saturated rings. The Bertz CT molecular complexity index is 2580. The van der Waals surface area contributed by atoms with Crippen LogP contribution in [0.5, 0.6) is 5.75 Å². The van der Waals surface area contributed by atoms with Gasteiger partial charge < -0.3 is 24.8 Å². The molecule has 3 aromatic heterocycles. The number of anilines is 1. The van der Waals surface area contributed by atoms with E-state index in [1.165, 1.54) is 23.0 Å². The van der Waals surface area contributed by atoms with Gasteiger partial charge in [-0.1, -0.05) is 29.8 Å². The lowest BCUT2D eigenvalue weighted by molar-refractivity contribution is -0.0640. The van der Waals surface area contributed by atoms with Crippen molar-refractivity contribution < 1.29 is 59.9 Å². The molecule has 0 radical (unpaired) electrons. The normalized spacial score (nSPS) is 31.2. The van der Waals surface area contributed by atoms with Crippen LogP contribution in [0.1, 0.15) is 33.9 Å². The van der Waals surface area contributed by atoms with Gasteiger partial charge in [-0.05, 0) is 48.1 Å². The summed E-state index contributed by atoms with van der Waals surface area (Å²) in [5, 5.41) is 0. The van der Waals surface area contributed by atoms with Gasteiger partial charge in [0.15, 0.2) is 36.3 Å². The lowest BCUT2D eigenvalue weighted by Crippen LogP contribution is -2.36. The van der Waals surface area contributed by atoms with Gasteiger partial charge in [-0.25, -0.2) is 42.5 Å². The minimum absolute atomic E-state index is 0.0214. The molecule has 2 aromatic carbocycles. The molecule has 3 aliphatic heterocycles. The summed E-state index contributed by atoms with van der Waals surface area (Å²) in [6, 6.07) is 13.9. The Morgan fingerprint density at radius 3 is 2.41 bits per heavy atom. The molecule has 20 nitrogen and oxygen atoms in total. The number of carbonyl (C=O) groups is 1. The Hall–Kier alpha value is -4.67. The molecule has 4 N–H and O–H groups in total. The van der Waals surface area contributed by atoms with Gasteiger partial charge in [-0.3, -0.25) is 37.0 Å². The number of alkyl halides is 2. The number of H-pyrrole nitrogens is 1. The molecule has 0 spiro atoms. The van der Waals surface area contributed by atoms with Gasteiger partial charge in [0.25, 0.3) is 5.56 Å². The van der Waals surface area contributed by atoms with Crippen LogP contribution in [0.15, 0.2) is 83.0 Å². The number of nitrogens with one attached hydrogen (secondary N) is 1. The number of aryl methyl sites for hydroxylation is 1. The van der Waals surface area contributed by atoms with Crippen molar-refractivity contribution in [3.05, 3.63) is 111 Å². The molecule has 6 heterocycles. The third-order valence-corrected chi connectivity index (χ3v) is 14.1. The standard InChI is InChI=1S/C34H33F2N7O13P2S/c1-17-2-6-19(7-3-17)33(45)52-20-8-4-18(5-9-20)14-59-58(49)51-12-21-24(35)28(32(53-21)43-16-40-26-29(37)38-15-39-30(26)43)55-57(47,48)50-13-22-27(56-58)25(36)31(54-22)42-11-10-23(44)41-34(42)46/h2-11,15-16,21-22,24-25,27-28,31-32H,12-14H2,1H3,(H,47,48)(H2,37,38,39)(H,41,44,46)/t21-,22-,24-,25-,27?,28-,31-,32-,58-/m1/s1. The molecule has 2 unspecified atom stereocenters. The highest BCUT2D eigenvalue weighted by atomic mass is 32.7. The molecule has 2 bridgehead atoms. The summed E-state index contributed by atoms with van der Waals surface area (Å²) in [5.41, 5.74) is 6.04. The minimum atomic E-state index is -5.27. The van der Waals surface area contributed by atoms with Gasteiger partial charge in [0.2, 0.25) is 0 Å². The van der Waals surface area contributed by atoms with Crippen molar-refractivity contribution in [2.75, 3.05) is 18.9 Å². The topological polar surface area (TPSA) is 261 Å². The van der Waals surface area contributed by atoms with Gasteiger partial charge in [0.1, 0.15) is 42.0 Å². The maximum absolute atomic E-state index is 16.4. The number of hydrogen-bond donors (Lipinski definition) is 3. The van der Waals surface area contributed by atoms with Crippen LogP contribution < -0.4 is 21.7 Å². The maximum atomic E-state index is 16.4. The number of carbonyl (C=O) groups excluding carboxylic acids is 1. The zero-order valence-corrected chi connectivity index (χ0v) is 33.0. The summed E-state index contributed by atoms with van der Waals surface area (Å²) in [6.07, 6.45) is -11.8. The van der Waals surface area contributed by atoms with Crippen LogP contribution in [0.4, 0.5) is 14.6 Å². The second-order valence-electron chi connectivity index (χ2n) is 13.4. The van der Waals surface area contributed by atoms with E-state index in [1.807, 2.05) is 11.9 Å². The first kappa shape index (κ1) is 41.1. The van der Waals surface area contributed by atoms with Crippen molar-refractivity contribution in [2.45, 2.75) is 61.9 Å². The lowest BCUT2D eigenvalue weighted by atomic mass is 10.1. The van der Waals surface area contributed by atoms with Crippen LogP contribution >= 0.6 is 26.0 Å². The highest BCUT2D eigenvalue weighted by Gasteiger charge is 2.55. The number of nitrogen functional groups attached to an aromatic ring is 1. The second-order valence-corrected chi connectivity index (χ2v) is 18.9. The van der Waals surface area contributed by atoms with Gasteiger partial charge >= 0.3 is 26.3 Å². The fraction of sp³-hybridized carbons (Fsp3) is 0.353. The van der Waals surface area contributed by atoms with E-state index < -0.39 is 94.3 Å². The Kier molecular flexibility index (Phi) is 11.4. The van der Waals surface area contributed by atoms with Gasteiger partial charge in [0.05, 0.1) is 25.1 Å². The Morgan fingerprint density at radius 1 is 0.932 bits per heavy atom. The molecule has 5 aromatic rings. The first-order valence-electron chi connectivity index (χ1n) is 17.6. The van der Waals surface area contributed by atoms with Crippen molar-refractivity contribution in [1.29, 1.82) is 0 Å². The van der Waals surface area contributed by atoms with Crippen molar-refractivity contribution in [2.24, 2.45) is 0 Å². The Morgan fingerprint density at radius 2 is 1.66 bits per heavy atom. The summed E-state index contributed by atoms with van der Waals surface area (Å²) in [4.78, 5) is 62.0. The average molecular weight is 880 g/mol. The minimum Gasteiger partial charge on any atom is -0.423 e. The predicted molar refractivity (Wildman–Crippen MR) is 202 cm³/mol. The third-order valence-electron chi connectivity index (χ3n) is 9.43. The first-order valence-corrected chi connectivity index (χ1v) is 22.2. The fourth-order valence-corrected chi connectivity index (χ4v) is 10.8. The number of aromatic amines is 1. The molecule has 10 atom stereocenters. The highest BCUT2D eigenvalue weighted by Crippen LogP contribution is 2.64. The second kappa shape index (κ2) is 16.4. The highest BCUT2D eigenvalue weighted by molar-refractivity contribution is 8.54. The Balaban J connectivity index is 1.08. The number of phosphoric ester groups is 1. The summed E-state index contributed by atoms with van der Waals surface area (Å²) in [7, 11) is -5.27. The SMILES string of the molecule is Cc1ccc(C(=O)Oc2ccc(CS[P@]3(=O)OC[C@H]4O[C@@H](n5cnc6c(N)ncnc65)[C@H](OP(=O)(O)OC[C@H]5O[C@@H](n6ccc(=O)[nH]c6=O)[C@H](F)C5O3)[C@@H]4F)cc2)cc1. The molecule has 59 heavy (non-hydrogen) atoms. The van der Waals surface area contributed by atoms with Gasteiger partial charge in [0, 0.05) is 18.0 Å². The smallest absolute Gasteiger partial charge is 0.423 e. The number of esters is 1. The summed E-state index contributed by atoms with van der Waals surface area (Å²) < 4.78 is 102. The monoisotopic (exact) mass is 879 g/mol. The number of nitrogens with two attached hydrogens (primary N) is 1. The largest absolute Gasteiger partial charge is 0.472 e. The van der Waals surface area contributed by atoms with Crippen LogP contribution in [0, 0.1) is 6.92 Å². The van der Waals surface area contributed by atoms with E-state index in [0.29, 0.717) is 27.1 Å². The molecule has 0 saturated carbocycles. The molecule has 3 saturated heterocycles. The number of ether oxygens (including phenoxy) is 3. The number of imidazole rings is 1. The van der Waals surface area contributed by atoms with Crippen molar-refractivity contribution >= 4 is 49.0 Å². The van der Waals surface area contributed by atoms with E-state index in [1.54, 1.807) is 36.4 Å². The Labute approximate surface area is 334 Å². The number of nitrogens with zero attached hydrogens (tertiary/aromatic N) is 5. The molecule has 0 amide bonds. The molecule has 0 aliphatic carbocycles. The quantitative estimate of drug-likeness (QED) is 0.119. The van der Waals surface area contributed by atoms with E-state index >= 15 is 8.78 Å². The van der Waals surface area contributed by atoms with Crippen molar-refractivity contribution in [3.8, 4) is 5.75 Å². The van der Waals surface area contributed by atoms with Crippen LogP contribution in [-0.2, 0) is 42.5 Å². The van der Waals surface area contributed by atoms with E-state index in [0.717, 1.165) is 24.2 Å². The van der Waals surface area contributed by atoms with Crippen LogP contribution in [0.2, 0.25) is 0 Å². The van der Waals surface area contributed by atoms with E-state index in [9.17, 15) is 28.4 Å². The van der Waals surface area contributed by atoms with E-state index in [2.05, 4.69) is 15.0 Å². The molecule has 312 valence electrons. The third kappa shape index (κ3) is 8.67. The van der Waals surface area contributed by atoms with Crippen LogP contribution in [-0.4, -0.2) is 89.9 Å². The van der Waals surface area contributed by atoms with Gasteiger partial charge in [-0.2, -0.15) is 0 Å². The van der Waals surface area contributed by atoms with Gasteiger partial charge in [-0.15, -0.1) is 0 Å².